The third-order valence-electron chi connectivity index (χ3n) is 6.31. The first-order valence-corrected chi connectivity index (χ1v) is 13.0. The lowest BCUT2D eigenvalue weighted by Crippen LogP contribution is -2.42. The maximum Gasteiger partial charge on any atom is 0.514 e. The molecule has 0 N–H and O–H groups in total. The number of benzene rings is 1. The summed E-state index contributed by atoms with van der Waals surface area (Å²) in [6, 6.07) is 9.49. The van der Waals surface area contributed by atoms with Crippen molar-refractivity contribution < 1.29 is 23.8 Å². The highest BCUT2D eigenvalue weighted by molar-refractivity contribution is 6.30. The van der Waals surface area contributed by atoms with Crippen molar-refractivity contribution in [1.29, 1.82) is 0 Å². The summed E-state index contributed by atoms with van der Waals surface area (Å²) in [5.74, 6) is 0.511. The van der Waals surface area contributed by atoms with Gasteiger partial charge in [-0.2, -0.15) is 0 Å². The van der Waals surface area contributed by atoms with Crippen molar-refractivity contribution in [2.75, 3.05) is 13.1 Å². The second kappa shape index (κ2) is 10.4. The van der Waals surface area contributed by atoms with Crippen molar-refractivity contribution in [1.82, 2.24) is 9.88 Å². The predicted molar refractivity (Wildman–Crippen MR) is 143 cm³/mol. The topological polar surface area (TPSA) is 78.0 Å². The van der Waals surface area contributed by atoms with E-state index in [2.05, 4.69) is 0 Å². The molecule has 1 aliphatic heterocycles. The molecule has 2 heterocycles. The zero-order valence-electron chi connectivity index (χ0n) is 22.3. The van der Waals surface area contributed by atoms with Gasteiger partial charge in [-0.05, 0) is 90.1 Å². The van der Waals surface area contributed by atoms with E-state index < -0.39 is 17.4 Å². The smallest absolute Gasteiger partial charge is 0.444 e. The molecule has 1 aliphatic carbocycles. The Kier molecular flexibility index (Phi) is 7.56. The van der Waals surface area contributed by atoms with Crippen LogP contribution < -0.4 is 0 Å². The van der Waals surface area contributed by atoms with Crippen LogP contribution in [0.4, 0.5) is 9.59 Å². The fourth-order valence-corrected chi connectivity index (χ4v) is 5.03. The summed E-state index contributed by atoms with van der Waals surface area (Å²) in [5.41, 5.74) is 2.26. The summed E-state index contributed by atoms with van der Waals surface area (Å²) < 4.78 is 16.8. The minimum Gasteiger partial charge on any atom is -0.444 e. The fraction of sp³-hybridized carbons (Fsp3) is 0.483. The van der Waals surface area contributed by atoms with Gasteiger partial charge in [0.15, 0.2) is 0 Å². The number of rotatable bonds is 2. The van der Waals surface area contributed by atoms with Gasteiger partial charge < -0.3 is 19.1 Å². The highest BCUT2D eigenvalue weighted by Crippen LogP contribution is 2.45. The Balaban J connectivity index is 1.67. The Hall–Kier alpha value is -3.06. The third kappa shape index (κ3) is 6.63. The lowest BCUT2D eigenvalue weighted by molar-refractivity contribution is 0.0147. The number of aromatic nitrogens is 1. The van der Waals surface area contributed by atoms with Crippen LogP contribution in [0.2, 0.25) is 5.02 Å². The van der Waals surface area contributed by atoms with Crippen molar-refractivity contribution in [2.45, 2.75) is 71.5 Å². The summed E-state index contributed by atoms with van der Waals surface area (Å²) in [5, 5.41) is 0.537. The molecule has 8 heteroatoms. The molecule has 1 aromatic heterocycles. The Morgan fingerprint density at radius 3 is 2.32 bits per heavy atom. The van der Waals surface area contributed by atoms with E-state index in [0.29, 0.717) is 23.9 Å². The second-order valence-corrected chi connectivity index (χ2v) is 12.0. The van der Waals surface area contributed by atoms with Gasteiger partial charge in [0.1, 0.15) is 17.0 Å². The van der Waals surface area contributed by atoms with Gasteiger partial charge >= 0.3 is 12.2 Å². The molecule has 0 radical (unpaired) electrons. The number of piperidine rings is 1. The van der Waals surface area contributed by atoms with Gasteiger partial charge in [-0.25, -0.2) is 9.59 Å². The van der Waals surface area contributed by atoms with Crippen molar-refractivity contribution in [3.63, 3.8) is 0 Å². The second-order valence-electron chi connectivity index (χ2n) is 11.6. The number of hydrogen-bond acceptors (Lipinski definition) is 6. The first-order chi connectivity index (χ1) is 17.3. The van der Waals surface area contributed by atoms with Gasteiger partial charge in [0.2, 0.25) is 0 Å². The monoisotopic (exact) mass is 526 g/mol. The van der Waals surface area contributed by atoms with E-state index in [1.165, 1.54) is 0 Å². The van der Waals surface area contributed by atoms with Crippen LogP contribution >= 0.6 is 11.6 Å². The van der Waals surface area contributed by atoms with Gasteiger partial charge in [-0.15, -0.1) is 0 Å². The van der Waals surface area contributed by atoms with Crippen LogP contribution in [0.5, 0.6) is 0 Å². The molecule has 1 fully saturated rings. The third-order valence-corrected chi connectivity index (χ3v) is 6.55. The van der Waals surface area contributed by atoms with E-state index in [1.807, 2.05) is 57.2 Å². The van der Waals surface area contributed by atoms with Crippen molar-refractivity contribution in [2.24, 2.45) is 5.92 Å². The molecule has 198 valence electrons. The van der Waals surface area contributed by atoms with Crippen LogP contribution in [0, 0.1) is 5.92 Å². The average Bonchev–Trinajstić information content (AvgIpc) is 2.91. The van der Waals surface area contributed by atoms with E-state index in [0.717, 1.165) is 35.2 Å². The summed E-state index contributed by atoms with van der Waals surface area (Å²) in [7, 11) is 0. The maximum absolute atomic E-state index is 12.6. The molecule has 0 bridgehead atoms. The summed E-state index contributed by atoms with van der Waals surface area (Å²) >= 11 is 6.42. The molecule has 0 saturated carbocycles. The number of halogens is 1. The Morgan fingerprint density at radius 2 is 1.68 bits per heavy atom. The molecule has 1 saturated heterocycles. The van der Waals surface area contributed by atoms with Crippen molar-refractivity contribution in [3.8, 4) is 0 Å². The molecule has 37 heavy (non-hydrogen) atoms. The van der Waals surface area contributed by atoms with Crippen LogP contribution in [0.25, 0.3) is 11.8 Å². The number of nitrogens with zero attached hydrogens (tertiary/aromatic N) is 2. The molecule has 7 nitrogen and oxygen atoms in total. The molecule has 2 aromatic rings. The first-order valence-electron chi connectivity index (χ1n) is 12.7. The summed E-state index contributed by atoms with van der Waals surface area (Å²) in [4.78, 5) is 31.8. The standard InChI is InChI=1S/C29H35ClN2O5/c1-28(2,3)36-26(33)32-14-11-18(12-15-32)24-21-10-9-20(30)17-22(21)23(35-27(34)37-29(4,5)6)16-19-8-7-13-31-25(19)24/h7-10,13,16-18,24H,11-12,14-15H2,1-6H3. The van der Waals surface area contributed by atoms with E-state index >= 15 is 0 Å². The molecule has 0 spiro atoms. The van der Waals surface area contributed by atoms with Crippen LogP contribution in [-0.2, 0) is 14.2 Å². The van der Waals surface area contributed by atoms with Gasteiger partial charge in [-0.1, -0.05) is 23.7 Å². The number of likely N-dealkylation sites (tertiary alicyclic amines) is 1. The number of fused-ring (bicyclic) bond motifs is 2. The Bertz CT molecular complexity index is 1200. The van der Waals surface area contributed by atoms with Gasteiger partial charge in [0, 0.05) is 41.4 Å². The SMILES string of the molecule is CC(C)(C)OC(=O)OC1=Cc2cccnc2C(C2CCN(C(=O)OC(C)(C)C)CC2)c2ccc(Cl)cc21. The van der Waals surface area contributed by atoms with Crippen LogP contribution in [0.1, 0.15) is 82.7 Å². The summed E-state index contributed by atoms with van der Waals surface area (Å²) in [6.07, 6.45) is 4.11. The number of amides is 1. The van der Waals surface area contributed by atoms with E-state index in [-0.39, 0.29) is 17.9 Å². The number of pyridine rings is 1. The Labute approximate surface area is 223 Å². The van der Waals surface area contributed by atoms with Crippen molar-refractivity contribution in [3.05, 3.63) is 63.9 Å². The van der Waals surface area contributed by atoms with Crippen LogP contribution in [0.15, 0.2) is 36.5 Å². The molecule has 1 atom stereocenters. The molecule has 1 amide bonds. The minimum atomic E-state index is -0.778. The molecular weight excluding hydrogens is 492 g/mol. The molecular formula is C29H35ClN2O5. The highest BCUT2D eigenvalue weighted by atomic mass is 35.5. The van der Waals surface area contributed by atoms with Crippen LogP contribution in [-0.4, -0.2) is 46.4 Å². The number of carbonyl (C=O) groups is 2. The molecule has 2 aliphatic rings. The number of ether oxygens (including phenoxy) is 3. The lowest BCUT2D eigenvalue weighted by atomic mass is 9.76. The predicted octanol–water partition coefficient (Wildman–Crippen LogP) is 7.28. The highest BCUT2D eigenvalue weighted by Gasteiger charge is 2.37. The molecule has 1 unspecified atom stereocenters. The van der Waals surface area contributed by atoms with E-state index in [1.54, 1.807) is 31.9 Å². The quantitative estimate of drug-likeness (QED) is 0.383. The van der Waals surface area contributed by atoms with Gasteiger partial charge in [0.05, 0.1) is 5.69 Å². The average molecular weight is 527 g/mol. The van der Waals surface area contributed by atoms with E-state index in [4.69, 9.17) is 30.8 Å². The van der Waals surface area contributed by atoms with E-state index in [9.17, 15) is 9.59 Å². The molecule has 1 aromatic carbocycles. The molecule has 4 rings (SSSR count). The number of carbonyl (C=O) groups excluding carboxylic acids is 2. The van der Waals surface area contributed by atoms with Crippen LogP contribution in [0.3, 0.4) is 0 Å². The normalized spacial score (nSPS) is 18.2. The maximum atomic E-state index is 12.6. The number of hydrogen-bond donors (Lipinski definition) is 0. The zero-order valence-corrected chi connectivity index (χ0v) is 23.1. The van der Waals surface area contributed by atoms with Gasteiger partial charge in [-0.3, -0.25) is 4.98 Å². The first kappa shape index (κ1) is 27.0. The lowest BCUT2D eigenvalue weighted by Gasteiger charge is -2.37. The summed E-state index contributed by atoms with van der Waals surface area (Å²) in [6.45, 7) is 12.2. The van der Waals surface area contributed by atoms with Crippen molar-refractivity contribution >= 4 is 35.7 Å². The largest absolute Gasteiger partial charge is 0.514 e. The minimum absolute atomic E-state index is 0.0692. The van der Waals surface area contributed by atoms with Gasteiger partial charge in [0.25, 0.3) is 0 Å². The fourth-order valence-electron chi connectivity index (χ4n) is 4.86. The Morgan fingerprint density at radius 1 is 1.00 bits per heavy atom. The zero-order chi connectivity index (χ0) is 27.0.